The zero-order chi connectivity index (χ0) is 14.7. The molecule has 0 bridgehead atoms. The molecule has 0 fully saturated rings. The van der Waals surface area contributed by atoms with Crippen LogP contribution < -0.4 is 11.1 Å². The van der Waals surface area contributed by atoms with E-state index in [1.54, 1.807) is 0 Å². The van der Waals surface area contributed by atoms with E-state index in [4.69, 9.17) is 5.73 Å². The second-order valence-electron chi connectivity index (χ2n) is 5.17. The molecule has 0 saturated carbocycles. The number of rotatable bonds is 5. The van der Waals surface area contributed by atoms with Gasteiger partial charge in [0.15, 0.2) is 0 Å². The molecular weight excluding hydrogens is 291 g/mol. The van der Waals surface area contributed by atoms with E-state index < -0.39 is 11.7 Å². The third-order valence-corrected chi connectivity index (χ3v) is 3.52. The van der Waals surface area contributed by atoms with Crippen molar-refractivity contribution in [1.82, 2.24) is 10.3 Å². The lowest BCUT2D eigenvalue weighted by molar-refractivity contribution is -0.137. The third-order valence-electron chi connectivity index (χ3n) is 3.52. The number of alkyl halides is 3. The van der Waals surface area contributed by atoms with Crippen molar-refractivity contribution in [3.63, 3.8) is 0 Å². The van der Waals surface area contributed by atoms with Crippen LogP contribution in [0.1, 0.15) is 32.0 Å². The Bertz CT molecular complexity index is 406. The molecule has 1 unspecified atom stereocenters. The first kappa shape index (κ1) is 19.1. The van der Waals surface area contributed by atoms with E-state index in [1.165, 1.54) is 6.07 Å². The van der Waals surface area contributed by atoms with Gasteiger partial charge in [0, 0.05) is 24.8 Å². The van der Waals surface area contributed by atoms with Crippen LogP contribution in [0, 0.1) is 5.92 Å². The molecule has 0 radical (unpaired) electrons. The molecule has 1 aromatic rings. The van der Waals surface area contributed by atoms with Gasteiger partial charge in [-0.3, -0.25) is 4.98 Å². The van der Waals surface area contributed by atoms with Gasteiger partial charge >= 0.3 is 6.18 Å². The van der Waals surface area contributed by atoms with Gasteiger partial charge in [-0.1, -0.05) is 13.8 Å². The lowest BCUT2D eigenvalue weighted by Crippen LogP contribution is -2.52. The van der Waals surface area contributed by atoms with Gasteiger partial charge in [0.1, 0.15) is 0 Å². The van der Waals surface area contributed by atoms with Crippen LogP contribution in [0.5, 0.6) is 0 Å². The number of hydrogen-bond donors (Lipinski definition) is 2. The molecule has 0 aliphatic carbocycles. The van der Waals surface area contributed by atoms with E-state index >= 15 is 0 Å². The van der Waals surface area contributed by atoms with Crippen molar-refractivity contribution in [2.75, 3.05) is 6.54 Å². The molecule has 1 rings (SSSR count). The van der Waals surface area contributed by atoms with E-state index in [2.05, 4.69) is 10.3 Å². The number of pyridine rings is 1. The zero-order valence-corrected chi connectivity index (χ0v) is 12.6. The molecule has 1 heterocycles. The van der Waals surface area contributed by atoms with Crippen LogP contribution in [0.3, 0.4) is 0 Å². The Morgan fingerprint density at radius 1 is 1.30 bits per heavy atom. The van der Waals surface area contributed by atoms with Gasteiger partial charge < -0.3 is 11.1 Å². The number of nitrogens with two attached hydrogens (primary N) is 1. The molecule has 0 aliphatic rings. The van der Waals surface area contributed by atoms with Crippen molar-refractivity contribution in [1.29, 1.82) is 0 Å². The van der Waals surface area contributed by atoms with Crippen LogP contribution in [0.15, 0.2) is 18.3 Å². The van der Waals surface area contributed by atoms with Crippen molar-refractivity contribution in [2.24, 2.45) is 11.7 Å². The minimum atomic E-state index is -4.34. The van der Waals surface area contributed by atoms with Crippen molar-refractivity contribution in [3.8, 4) is 0 Å². The minimum Gasteiger partial charge on any atom is -0.329 e. The summed E-state index contributed by atoms with van der Waals surface area (Å²) in [4.78, 5) is 3.82. The number of halogens is 4. The fourth-order valence-corrected chi connectivity index (χ4v) is 1.50. The lowest BCUT2D eigenvalue weighted by Gasteiger charge is -2.33. The van der Waals surface area contributed by atoms with Crippen molar-refractivity contribution in [3.05, 3.63) is 29.6 Å². The summed E-state index contributed by atoms with van der Waals surface area (Å²) in [5.74, 6) is 0.312. The second kappa shape index (κ2) is 7.24. The fourth-order valence-electron chi connectivity index (χ4n) is 1.50. The normalized spacial score (nSPS) is 14.8. The number of hydrogen-bond acceptors (Lipinski definition) is 3. The Morgan fingerprint density at radius 2 is 1.90 bits per heavy atom. The summed E-state index contributed by atoms with van der Waals surface area (Å²) in [6, 6.07) is 2.42. The SMILES string of the molecule is CC(C)C(C)(CN)NCc1ccc(C(F)(F)F)cn1.Cl. The summed E-state index contributed by atoms with van der Waals surface area (Å²) in [6.07, 6.45) is -3.49. The largest absolute Gasteiger partial charge is 0.417 e. The summed E-state index contributed by atoms with van der Waals surface area (Å²) >= 11 is 0. The molecule has 0 saturated heterocycles. The Morgan fingerprint density at radius 3 is 2.25 bits per heavy atom. The van der Waals surface area contributed by atoms with Gasteiger partial charge in [-0.2, -0.15) is 13.2 Å². The van der Waals surface area contributed by atoms with E-state index in [0.717, 1.165) is 12.3 Å². The number of nitrogens with one attached hydrogen (secondary N) is 1. The van der Waals surface area contributed by atoms with Gasteiger partial charge in [-0.05, 0) is 25.0 Å². The molecule has 0 spiro atoms. The van der Waals surface area contributed by atoms with E-state index in [9.17, 15) is 13.2 Å². The highest BCUT2D eigenvalue weighted by atomic mass is 35.5. The summed E-state index contributed by atoms with van der Waals surface area (Å²) in [5.41, 5.74) is 5.29. The molecule has 3 N–H and O–H groups in total. The lowest BCUT2D eigenvalue weighted by atomic mass is 9.88. The van der Waals surface area contributed by atoms with Gasteiger partial charge in [-0.15, -0.1) is 12.4 Å². The molecule has 1 atom stereocenters. The molecule has 7 heteroatoms. The maximum Gasteiger partial charge on any atom is 0.417 e. The third kappa shape index (κ3) is 4.92. The highest BCUT2D eigenvalue weighted by Gasteiger charge is 2.31. The van der Waals surface area contributed by atoms with E-state index in [1.807, 2.05) is 20.8 Å². The van der Waals surface area contributed by atoms with E-state index in [0.29, 0.717) is 24.7 Å². The molecule has 20 heavy (non-hydrogen) atoms. The van der Waals surface area contributed by atoms with Gasteiger partial charge in [0.05, 0.1) is 11.3 Å². The summed E-state index contributed by atoms with van der Waals surface area (Å²) in [6.45, 7) is 6.91. The Balaban J connectivity index is 0.00000361. The van der Waals surface area contributed by atoms with Crippen molar-refractivity contribution >= 4 is 12.4 Å². The Labute approximate surface area is 123 Å². The molecule has 3 nitrogen and oxygen atoms in total. The molecule has 0 aliphatic heterocycles. The van der Waals surface area contributed by atoms with Crippen molar-refractivity contribution in [2.45, 2.75) is 39.0 Å². The summed E-state index contributed by atoms with van der Waals surface area (Å²) < 4.78 is 37.1. The Kier molecular flexibility index (Phi) is 6.93. The first-order valence-electron chi connectivity index (χ1n) is 6.16. The van der Waals surface area contributed by atoms with Gasteiger partial charge in [-0.25, -0.2) is 0 Å². The quantitative estimate of drug-likeness (QED) is 0.879. The average molecular weight is 312 g/mol. The Hall–Kier alpha value is -0.850. The van der Waals surface area contributed by atoms with Crippen LogP contribution in [0.4, 0.5) is 13.2 Å². The molecular formula is C13H21ClF3N3. The first-order chi connectivity index (χ1) is 8.69. The predicted octanol–water partition coefficient (Wildman–Crippen LogP) is 2.99. The van der Waals surface area contributed by atoms with Gasteiger partial charge in [0.25, 0.3) is 0 Å². The predicted molar refractivity (Wildman–Crippen MR) is 75.6 cm³/mol. The maximum atomic E-state index is 12.4. The fraction of sp³-hybridized carbons (Fsp3) is 0.615. The summed E-state index contributed by atoms with van der Waals surface area (Å²) in [7, 11) is 0. The first-order valence-corrected chi connectivity index (χ1v) is 6.16. The average Bonchev–Trinajstić information content (AvgIpc) is 2.35. The molecule has 116 valence electrons. The monoisotopic (exact) mass is 311 g/mol. The smallest absolute Gasteiger partial charge is 0.329 e. The second-order valence-corrected chi connectivity index (χ2v) is 5.17. The minimum absolute atomic E-state index is 0. The van der Waals surface area contributed by atoms with Crippen LogP contribution in [0.25, 0.3) is 0 Å². The topological polar surface area (TPSA) is 50.9 Å². The molecule has 1 aromatic heterocycles. The van der Waals surface area contributed by atoms with Crippen LogP contribution in [0.2, 0.25) is 0 Å². The standard InChI is InChI=1S/C13H20F3N3.ClH/c1-9(2)12(3,8-17)19-7-11-5-4-10(6-18-11)13(14,15)16;/h4-6,9,19H,7-8,17H2,1-3H3;1H. The molecule has 0 aromatic carbocycles. The van der Waals surface area contributed by atoms with Crippen LogP contribution >= 0.6 is 12.4 Å². The highest BCUT2D eigenvalue weighted by Crippen LogP contribution is 2.28. The van der Waals surface area contributed by atoms with Gasteiger partial charge in [0.2, 0.25) is 0 Å². The highest BCUT2D eigenvalue weighted by molar-refractivity contribution is 5.85. The summed E-state index contributed by atoms with van der Waals surface area (Å²) in [5, 5.41) is 3.25. The maximum absolute atomic E-state index is 12.4. The zero-order valence-electron chi connectivity index (χ0n) is 11.8. The number of nitrogens with zero attached hydrogens (tertiary/aromatic N) is 1. The van der Waals surface area contributed by atoms with Crippen LogP contribution in [-0.4, -0.2) is 17.1 Å². The van der Waals surface area contributed by atoms with Crippen LogP contribution in [-0.2, 0) is 12.7 Å². The molecule has 0 amide bonds. The van der Waals surface area contributed by atoms with Crippen molar-refractivity contribution < 1.29 is 13.2 Å². The van der Waals surface area contributed by atoms with E-state index in [-0.39, 0.29) is 17.9 Å². The number of aromatic nitrogens is 1.